The third-order valence-corrected chi connectivity index (χ3v) is 2.41. The third kappa shape index (κ3) is 1.82. The predicted octanol–water partition coefficient (Wildman–Crippen LogP) is 2.00. The monoisotopic (exact) mass is 215 g/mol. The number of rotatable bonds is 4. The van der Waals surface area contributed by atoms with Crippen molar-refractivity contribution in [3.8, 4) is 5.69 Å². The minimum atomic E-state index is 0.682. The maximum Gasteiger partial charge on any atom is 0.211 e. The van der Waals surface area contributed by atoms with Gasteiger partial charge in [-0.1, -0.05) is 19.1 Å². The Hall–Kier alpha value is -2.10. The smallest absolute Gasteiger partial charge is 0.211 e. The fraction of sp³-hybridized carbons (Fsp3) is 0.167. The molecule has 4 nitrogen and oxygen atoms in total. The highest BCUT2D eigenvalue weighted by Gasteiger charge is 2.06. The minimum Gasteiger partial charge on any atom is -0.327 e. The van der Waals surface area contributed by atoms with Gasteiger partial charge in [-0.25, -0.2) is 4.98 Å². The van der Waals surface area contributed by atoms with Gasteiger partial charge in [0.2, 0.25) is 6.41 Å². The van der Waals surface area contributed by atoms with Gasteiger partial charge >= 0.3 is 0 Å². The van der Waals surface area contributed by atoms with E-state index in [1.165, 1.54) is 0 Å². The summed E-state index contributed by atoms with van der Waals surface area (Å²) in [5.74, 6) is 0.972. The quantitative estimate of drug-likeness (QED) is 0.793. The number of benzene rings is 1. The second-order valence-electron chi connectivity index (χ2n) is 3.35. The number of imidazole rings is 1. The molecular formula is C12H13N3O. The van der Waals surface area contributed by atoms with Crippen molar-refractivity contribution in [3.63, 3.8) is 0 Å². The van der Waals surface area contributed by atoms with Crippen molar-refractivity contribution in [2.45, 2.75) is 13.3 Å². The molecule has 0 atom stereocenters. The summed E-state index contributed by atoms with van der Waals surface area (Å²) in [4.78, 5) is 14.8. The van der Waals surface area contributed by atoms with Crippen LogP contribution in [0.5, 0.6) is 0 Å². The van der Waals surface area contributed by atoms with E-state index >= 15 is 0 Å². The van der Waals surface area contributed by atoms with Crippen LogP contribution in [-0.2, 0) is 11.2 Å². The zero-order chi connectivity index (χ0) is 11.4. The fourth-order valence-electron chi connectivity index (χ4n) is 1.68. The number of aryl methyl sites for hydroxylation is 1. The highest BCUT2D eigenvalue weighted by atomic mass is 16.1. The van der Waals surface area contributed by atoms with Crippen LogP contribution < -0.4 is 5.32 Å². The van der Waals surface area contributed by atoms with Crippen molar-refractivity contribution >= 4 is 12.1 Å². The van der Waals surface area contributed by atoms with E-state index < -0.39 is 0 Å². The van der Waals surface area contributed by atoms with Crippen LogP contribution in [0.3, 0.4) is 0 Å². The lowest BCUT2D eigenvalue weighted by Gasteiger charge is -2.11. The lowest BCUT2D eigenvalue weighted by Crippen LogP contribution is -2.04. The Morgan fingerprint density at radius 2 is 2.25 bits per heavy atom. The molecule has 1 heterocycles. The molecule has 2 aromatic rings. The van der Waals surface area contributed by atoms with E-state index in [1.807, 2.05) is 35.0 Å². The molecule has 0 unspecified atom stereocenters. The standard InChI is InChI=1S/C12H13N3O/c1-2-12-13-7-8-15(12)11-6-4-3-5-10(11)14-9-16/h3-9H,2H2,1H3,(H,14,16). The van der Waals surface area contributed by atoms with Crippen LogP contribution in [0.15, 0.2) is 36.7 Å². The number of aromatic nitrogens is 2. The Morgan fingerprint density at radius 3 is 3.00 bits per heavy atom. The highest BCUT2D eigenvalue weighted by Crippen LogP contribution is 2.20. The summed E-state index contributed by atoms with van der Waals surface area (Å²) >= 11 is 0. The summed E-state index contributed by atoms with van der Waals surface area (Å²) in [5.41, 5.74) is 1.72. The molecule has 0 saturated heterocycles. The molecule has 0 spiro atoms. The second kappa shape index (κ2) is 4.61. The van der Waals surface area contributed by atoms with Gasteiger partial charge in [0.1, 0.15) is 5.82 Å². The van der Waals surface area contributed by atoms with E-state index in [2.05, 4.69) is 17.2 Å². The van der Waals surface area contributed by atoms with E-state index in [0.717, 1.165) is 23.6 Å². The Bertz CT molecular complexity index is 491. The summed E-state index contributed by atoms with van der Waals surface area (Å²) < 4.78 is 1.98. The van der Waals surface area contributed by atoms with Gasteiger partial charge in [0.15, 0.2) is 0 Å². The molecule has 1 N–H and O–H groups in total. The van der Waals surface area contributed by atoms with Crippen molar-refractivity contribution in [1.29, 1.82) is 0 Å². The molecule has 2 rings (SSSR count). The highest BCUT2D eigenvalue weighted by molar-refractivity contribution is 5.77. The second-order valence-corrected chi connectivity index (χ2v) is 3.35. The van der Waals surface area contributed by atoms with Gasteiger partial charge < -0.3 is 9.88 Å². The summed E-state index contributed by atoms with van der Waals surface area (Å²) in [6, 6.07) is 7.64. The van der Waals surface area contributed by atoms with Gasteiger partial charge in [0, 0.05) is 18.8 Å². The molecule has 16 heavy (non-hydrogen) atoms. The van der Waals surface area contributed by atoms with E-state index in [-0.39, 0.29) is 0 Å². The maximum atomic E-state index is 10.5. The van der Waals surface area contributed by atoms with Crippen molar-refractivity contribution in [2.75, 3.05) is 5.32 Å². The number of anilines is 1. The van der Waals surface area contributed by atoms with E-state index in [4.69, 9.17) is 0 Å². The first-order chi connectivity index (χ1) is 7.86. The van der Waals surface area contributed by atoms with Crippen LogP contribution in [0.2, 0.25) is 0 Å². The van der Waals surface area contributed by atoms with E-state index in [1.54, 1.807) is 6.20 Å². The molecule has 0 saturated carbocycles. The number of nitrogens with one attached hydrogen (secondary N) is 1. The molecule has 1 amide bonds. The van der Waals surface area contributed by atoms with Gasteiger partial charge in [0.25, 0.3) is 0 Å². The van der Waals surface area contributed by atoms with Crippen molar-refractivity contribution < 1.29 is 4.79 Å². The number of carbonyl (C=O) groups excluding carboxylic acids is 1. The predicted molar refractivity (Wildman–Crippen MR) is 62.6 cm³/mol. The molecule has 0 bridgehead atoms. The SMILES string of the molecule is CCc1nccn1-c1ccccc1NC=O. The van der Waals surface area contributed by atoms with Crippen LogP contribution in [0.1, 0.15) is 12.7 Å². The Labute approximate surface area is 93.9 Å². The summed E-state index contributed by atoms with van der Waals surface area (Å²) in [5, 5.41) is 2.69. The van der Waals surface area contributed by atoms with E-state index in [9.17, 15) is 4.79 Å². The van der Waals surface area contributed by atoms with Crippen LogP contribution in [0, 0.1) is 0 Å². The molecule has 82 valence electrons. The number of carbonyl (C=O) groups is 1. The van der Waals surface area contributed by atoms with Crippen LogP contribution in [0.25, 0.3) is 5.69 Å². The molecule has 0 aliphatic heterocycles. The summed E-state index contributed by atoms with van der Waals surface area (Å²) in [6.45, 7) is 2.05. The summed E-state index contributed by atoms with van der Waals surface area (Å²) in [7, 11) is 0. The lowest BCUT2D eigenvalue weighted by molar-refractivity contribution is -0.105. The lowest BCUT2D eigenvalue weighted by atomic mass is 10.2. The molecule has 0 fully saturated rings. The normalized spacial score (nSPS) is 10.1. The van der Waals surface area contributed by atoms with Crippen molar-refractivity contribution in [3.05, 3.63) is 42.5 Å². The first-order valence-electron chi connectivity index (χ1n) is 5.18. The van der Waals surface area contributed by atoms with Gasteiger partial charge in [-0.3, -0.25) is 4.79 Å². The van der Waals surface area contributed by atoms with Crippen LogP contribution in [-0.4, -0.2) is 16.0 Å². The van der Waals surface area contributed by atoms with Gasteiger partial charge in [-0.15, -0.1) is 0 Å². The Balaban J connectivity index is 2.50. The van der Waals surface area contributed by atoms with Gasteiger partial charge in [-0.05, 0) is 12.1 Å². The molecular weight excluding hydrogens is 202 g/mol. The molecule has 0 aliphatic carbocycles. The summed E-state index contributed by atoms with van der Waals surface area (Å²) in [6.07, 6.45) is 5.18. The van der Waals surface area contributed by atoms with Crippen LogP contribution in [0.4, 0.5) is 5.69 Å². The first-order valence-corrected chi connectivity index (χ1v) is 5.18. The average molecular weight is 215 g/mol. The Kier molecular flexibility index (Phi) is 3.00. The number of hydrogen-bond acceptors (Lipinski definition) is 2. The average Bonchev–Trinajstić information content (AvgIpc) is 2.78. The van der Waals surface area contributed by atoms with Crippen molar-refractivity contribution in [1.82, 2.24) is 9.55 Å². The molecule has 1 aromatic heterocycles. The Morgan fingerprint density at radius 1 is 1.44 bits per heavy atom. The third-order valence-electron chi connectivity index (χ3n) is 2.41. The minimum absolute atomic E-state index is 0.682. The number of amides is 1. The first kappa shape index (κ1) is 10.4. The molecule has 4 heteroatoms. The van der Waals surface area contributed by atoms with Crippen LogP contribution >= 0.6 is 0 Å². The fourth-order valence-corrected chi connectivity index (χ4v) is 1.68. The zero-order valence-electron chi connectivity index (χ0n) is 9.05. The number of hydrogen-bond donors (Lipinski definition) is 1. The molecule has 0 aliphatic rings. The topological polar surface area (TPSA) is 46.9 Å². The number of para-hydroxylation sites is 2. The van der Waals surface area contributed by atoms with Gasteiger partial charge in [-0.2, -0.15) is 0 Å². The van der Waals surface area contributed by atoms with Crippen molar-refractivity contribution in [2.24, 2.45) is 0 Å². The molecule has 0 radical (unpaired) electrons. The number of nitrogens with zero attached hydrogens (tertiary/aromatic N) is 2. The largest absolute Gasteiger partial charge is 0.327 e. The molecule has 1 aromatic carbocycles. The van der Waals surface area contributed by atoms with E-state index in [0.29, 0.717) is 6.41 Å². The zero-order valence-corrected chi connectivity index (χ0v) is 9.05. The van der Waals surface area contributed by atoms with Gasteiger partial charge in [0.05, 0.1) is 11.4 Å². The maximum absolute atomic E-state index is 10.5.